The van der Waals surface area contributed by atoms with Crippen LogP contribution in [0.5, 0.6) is 0 Å². The van der Waals surface area contributed by atoms with Crippen molar-refractivity contribution in [2.24, 2.45) is 11.7 Å². The molecule has 1 aliphatic rings. The highest BCUT2D eigenvalue weighted by atomic mass is 15.2. The van der Waals surface area contributed by atoms with Gasteiger partial charge in [0.15, 0.2) is 0 Å². The molecule has 0 bridgehead atoms. The molecule has 0 aliphatic heterocycles. The van der Waals surface area contributed by atoms with Gasteiger partial charge in [0.05, 0.1) is 0 Å². The van der Waals surface area contributed by atoms with Crippen LogP contribution in [0.1, 0.15) is 51.1 Å². The summed E-state index contributed by atoms with van der Waals surface area (Å²) in [6.07, 6.45) is 7.20. The zero-order valence-corrected chi connectivity index (χ0v) is 11.8. The molecular weight excluding hydrogens is 222 g/mol. The molecule has 3 unspecified atom stereocenters. The average Bonchev–Trinajstić information content (AvgIpc) is 2.38. The van der Waals surface area contributed by atoms with Crippen molar-refractivity contribution in [1.29, 1.82) is 0 Å². The minimum atomic E-state index is 0.0731. The molecule has 2 N–H and O–H groups in total. The van der Waals surface area contributed by atoms with Crippen LogP contribution in [0, 0.1) is 5.92 Å². The largest absolute Gasteiger partial charge is 0.356 e. The maximum Gasteiger partial charge on any atom is 0.128 e. The Balaban J connectivity index is 2.16. The van der Waals surface area contributed by atoms with E-state index in [0.29, 0.717) is 6.04 Å². The molecule has 0 radical (unpaired) electrons. The van der Waals surface area contributed by atoms with Crippen LogP contribution in [0.2, 0.25) is 0 Å². The standard InChI is InChI=1S/C15H25N3/c1-11-6-4-5-7-14(11)18(3)15-10-13(12(2)16)8-9-17-15/h8-12,14H,4-7,16H2,1-3H3. The van der Waals surface area contributed by atoms with Gasteiger partial charge in [0.1, 0.15) is 5.82 Å². The van der Waals surface area contributed by atoms with Gasteiger partial charge in [-0.2, -0.15) is 0 Å². The summed E-state index contributed by atoms with van der Waals surface area (Å²) in [4.78, 5) is 6.84. The number of pyridine rings is 1. The SMILES string of the molecule is CC(N)c1ccnc(N(C)C2CCCCC2C)c1. The number of hydrogen-bond acceptors (Lipinski definition) is 3. The second-order valence-electron chi connectivity index (χ2n) is 5.68. The van der Waals surface area contributed by atoms with Gasteiger partial charge in [-0.1, -0.05) is 19.8 Å². The fraction of sp³-hybridized carbons (Fsp3) is 0.667. The predicted octanol–water partition coefficient (Wildman–Crippen LogP) is 3.12. The molecule has 0 spiro atoms. The van der Waals surface area contributed by atoms with Crippen molar-refractivity contribution in [3.05, 3.63) is 23.9 Å². The summed E-state index contributed by atoms with van der Waals surface area (Å²) in [5, 5.41) is 0. The van der Waals surface area contributed by atoms with E-state index in [1.54, 1.807) is 0 Å². The molecular formula is C15H25N3. The normalized spacial score (nSPS) is 25.8. The second kappa shape index (κ2) is 5.70. The number of anilines is 1. The molecule has 1 aromatic heterocycles. The summed E-state index contributed by atoms with van der Waals surface area (Å²) < 4.78 is 0. The molecule has 1 saturated carbocycles. The van der Waals surface area contributed by atoms with E-state index < -0.39 is 0 Å². The van der Waals surface area contributed by atoms with Gasteiger partial charge in [0, 0.05) is 25.3 Å². The quantitative estimate of drug-likeness (QED) is 0.892. The molecule has 1 heterocycles. The molecule has 1 aromatic rings. The zero-order valence-electron chi connectivity index (χ0n) is 11.8. The van der Waals surface area contributed by atoms with E-state index in [1.165, 1.54) is 25.7 Å². The second-order valence-corrected chi connectivity index (χ2v) is 5.68. The van der Waals surface area contributed by atoms with E-state index in [-0.39, 0.29) is 6.04 Å². The Hall–Kier alpha value is -1.09. The Morgan fingerprint density at radius 2 is 2.11 bits per heavy atom. The number of aromatic nitrogens is 1. The van der Waals surface area contributed by atoms with Crippen LogP contribution < -0.4 is 10.6 Å². The van der Waals surface area contributed by atoms with E-state index in [4.69, 9.17) is 5.73 Å². The number of hydrogen-bond donors (Lipinski definition) is 1. The highest BCUT2D eigenvalue weighted by Crippen LogP contribution is 2.30. The summed E-state index contributed by atoms with van der Waals surface area (Å²) in [5.41, 5.74) is 7.10. The van der Waals surface area contributed by atoms with Crippen LogP contribution in [-0.4, -0.2) is 18.1 Å². The fourth-order valence-electron chi connectivity index (χ4n) is 2.95. The van der Waals surface area contributed by atoms with Crippen molar-refractivity contribution in [1.82, 2.24) is 4.98 Å². The third kappa shape index (κ3) is 2.83. The molecule has 18 heavy (non-hydrogen) atoms. The lowest BCUT2D eigenvalue weighted by Gasteiger charge is -2.37. The first-order valence-corrected chi connectivity index (χ1v) is 7.04. The van der Waals surface area contributed by atoms with Crippen LogP contribution in [0.15, 0.2) is 18.3 Å². The molecule has 3 heteroatoms. The summed E-state index contributed by atoms with van der Waals surface area (Å²) in [5.74, 6) is 1.81. The van der Waals surface area contributed by atoms with Crippen molar-refractivity contribution in [3.8, 4) is 0 Å². The van der Waals surface area contributed by atoms with Gasteiger partial charge >= 0.3 is 0 Å². The summed E-state index contributed by atoms with van der Waals surface area (Å²) >= 11 is 0. The highest BCUT2D eigenvalue weighted by Gasteiger charge is 2.25. The lowest BCUT2D eigenvalue weighted by molar-refractivity contribution is 0.320. The molecule has 3 nitrogen and oxygen atoms in total. The maximum absolute atomic E-state index is 5.94. The first kappa shape index (κ1) is 13.3. The van der Waals surface area contributed by atoms with Crippen LogP contribution >= 0.6 is 0 Å². The molecule has 100 valence electrons. The van der Waals surface area contributed by atoms with E-state index in [1.807, 2.05) is 19.2 Å². The van der Waals surface area contributed by atoms with Gasteiger partial charge in [-0.25, -0.2) is 4.98 Å². The first-order valence-electron chi connectivity index (χ1n) is 7.04. The number of rotatable bonds is 3. The molecule has 0 saturated heterocycles. The van der Waals surface area contributed by atoms with E-state index in [2.05, 4.69) is 29.9 Å². The molecule has 0 aromatic carbocycles. The Kier molecular flexibility index (Phi) is 4.23. The van der Waals surface area contributed by atoms with Crippen molar-refractivity contribution in [3.63, 3.8) is 0 Å². The molecule has 3 atom stereocenters. The Bertz CT molecular complexity index is 389. The highest BCUT2D eigenvalue weighted by molar-refractivity contribution is 5.42. The van der Waals surface area contributed by atoms with Gasteiger partial charge < -0.3 is 10.6 Å². The third-order valence-corrected chi connectivity index (χ3v) is 4.22. The lowest BCUT2D eigenvalue weighted by Crippen LogP contribution is -2.39. The minimum absolute atomic E-state index is 0.0731. The van der Waals surface area contributed by atoms with E-state index >= 15 is 0 Å². The van der Waals surface area contributed by atoms with Gasteiger partial charge in [0.2, 0.25) is 0 Å². The van der Waals surface area contributed by atoms with Crippen molar-refractivity contribution < 1.29 is 0 Å². The van der Waals surface area contributed by atoms with Crippen LogP contribution in [0.25, 0.3) is 0 Å². The molecule has 1 fully saturated rings. The third-order valence-electron chi connectivity index (χ3n) is 4.22. The summed E-state index contributed by atoms with van der Waals surface area (Å²) in [6, 6.07) is 4.83. The van der Waals surface area contributed by atoms with E-state index in [9.17, 15) is 0 Å². The van der Waals surface area contributed by atoms with Gasteiger partial charge in [-0.15, -0.1) is 0 Å². The maximum atomic E-state index is 5.94. The molecule has 1 aliphatic carbocycles. The van der Waals surface area contributed by atoms with Crippen LogP contribution in [0.4, 0.5) is 5.82 Å². The smallest absolute Gasteiger partial charge is 0.128 e. The van der Waals surface area contributed by atoms with Crippen molar-refractivity contribution in [2.45, 2.75) is 51.6 Å². The summed E-state index contributed by atoms with van der Waals surface area (Å²) in [6.45, 7) is 4.37. The van der Waals surface area contributed by atoms with Crippen LogP contribution in [-0.2, 0) is 0 Å². The summed E-state index contributed by atoms with van der Waals surface area (Å²) in [7, 11) is 2.17. The predicted molar refractivity (Wildman–Crippen MR) is 76.7 cm³/mol. The monoisotopic (exact) mass is 247 g/mol. The molecule has 0 amide bonds. The zero-order chi connectivity index (χ0) is 13.1. The molecule has 2 rings (SSSR count). The van der Waals surface area contributed by atoms with Crippen molar-refractivity contribution in [2.75, 3.05) is 11.9 Å². The Labute approximate surface area is 110 Å². The lowest BCUT2D eigenvalue weighted by atomic mass is 9.85. The van der Waals surface area contributed by atoms with Gasteiger partial charge in [-0.3, -0.25) is 0 Å². The minimum Gasteiger partial charge on any atom is -0.356 e. The van der Waals surface area contributed by atoms with Crippen molar-refractivity contribution >= 4 is 5.82 Å². The Morgan fingerprint density at radius 3 is 2.78 bits per heavy atom. The average molecular weight is 247 g/mol. The van der Waals surface area contributed by atoms with E-state index in [0.717, 1.165) is 17.3 Å². The first-order chi connectivity index (χ1) is 8.59. The fourth-order valence-corrected chi connectivity index (χ4v) is 2.95. The topological polar surface area (TPSA) is 42.1 Å². The van der Waals surface area contributed by atoms with Gasteiger partial charge in [0.25, 0.3) is 0 Å². The van der Waals surface area contributed by atoms with Crippen LogP contribution in [0.3, 0.4) is 0 Å². The number of nitrogens with two attached hydrogens (primary N) is 1. The Morgan fingerprint density at radius 1 is 1.39 bits per heavy atom. The number of nitrogens with zero attached hydrogens (tertiary/aromatic N) is 2. The van der Waals surface area contributed by atoms with Gasteiger partial charge in [-0.05, 0) is 43.4 Å².